The molecular weight excluding hydrogens is 406 g/mol. The minimum absolute atomic E-state index is 0.198. The summed E-state index contributed by atoms with van der Waals surface area (Å²) in [5.41, 5.74) is 3.93. The third-order valence-corrected chi connectivity index (χ3v) is 5.72. The molecule has 1 fully saturated rings. The first-order chi connectivity index (χ1) is 15.0. The summed E-state index contributed by atoms with van der Waals surface area (Å²) in [4.78, 5) is 28.4. The molecule has 7 nitrogen and oxygen atoms in total. The van der Waals surface area contributed by atoms with Gasteiger partial charge in [0.15, 0.2) is 5.82 Å². The molecule has 0 aliphatic heterocycles. The Morgan fingerprint density at radius 3 is 2.58 bits per heavy atom. The average molecular weight is 428 g/mol. The number of nitrogens with zero attached hydrogens (tertiary/aromatic N) is 2. The minimum Gasteiger partial charge on any atom is -0.349 e. The molecule has 2 unspecified atom stereocenters. The monoisotopic (exact) mass is 428 g/mol. The molecule has 2 aromatic carbocycles. The van der Waals surface area contributed by atoms with Crippen molar-refractivity contribution < 1.29 is 23.6 Å². The summed E-state index contributed by atoms with van der Waals surface area (Å²) < 4.78 is 28.4. The molecule has 4 rings (SSSR count). The van der Waals surface area contributed by atoms with Gasteiger partial charge < -0.3 is 9.88 Å². The number of alkyl halides is 2. The predicted octanol–water partition coefficient (Wildman–Crippen LogP) is 3.43. The summed E-state index contributed by atoms with van der Waals surface area (Å²) in [6, 6.07) is 13.3. The van der Waals surface area contributed by atoms with Crippen molar-refractivity contribution >= 4 is 22.8 Å². The van der Waals surface area contributed by atoms with E-state index in [9.17, 15) is 18.4 Å². The van der Waals surface area contributed by atoms with E-state index >= 15 is 0 Å². The second-order valence-corrected chi connectivity index (χ2v) is 7.64. The zero-order valence-corrected chi connectivity index (χ0v) is 16.6. The molecule has 162 valence electrons. The van der Waals surface area contributed by atoms with Crippen molar-refractivity contribution in [3.05, 3.63) is 65.5 Å². The minimum atomic E-state index is -2.70. The average Bonchev–Trinajstić information content (AvgIpc) is 3.38. The van der Waals surface area contributed by atoms with Gasteiger partial charge in [0.2, 0.25) is 5.91 Å². The maximum atomic E-state index is 13.5. The molecule has 0 bridgehead atoms. The molecule has 1 heterocycles. The predicted molar refractivity (Wildman–Crippen MR) is 109 cm³/mol. The van der Waals surface area contributed by atoms with Crippen molar-refractivity contribution in [3.63, 3.8) is 0 Å². The molecule has 2 amide bonds. The normalized spacial score (nSPS) is 18.5. The number of benzene rings is 2. The Labute approximate surface area is 177 Å². The topological polar surface area (TPSA) is 96.3 Å². The van der Waals surface area contributed by atoms with Crippen molar-refractivity contribution in [2.75, 3.05) is 0 Å². The summed E-state index contributed by atoms with van der Waals surface area (Å²) >= 11 is 0. The Morgan fingerprint density at radius 2 is 1.87 bits per heavy atom. The maximum Gasteiger partial charge on any atom is 0.295 e. The third-order valence-electron chi connectivity index (χ3n) is 5.72. The number of halogens is 2. The number of hydrogen-bond acceptors (Lipinski definition) is 4. The lowest BCUT2D eigenvalue weighted by Crippen LogP contribution is -2.43. The fraction of sp³-hybridized carbons (Fsp3) is 0.318. The number of rotatable bonds is 6. The van der Waals surface area contributed by atoms with Gasteiger partial charge in [0.1, 0.15) is 0 Å². The van der Waals surface area contributed by atoms with Crippen molar-refractivity contribution in [1.29, 1.82) is 0 Å². The molecule has 1 saturated carbocycles. The van der Waals surface area contributed by atoms with Gasteiger partial charge in [0.25, 0.3) is 12.3 Å². The Kier molecular flexibility index (Phi) is 5.94. The number of fused-ring (bicyclic) bond motifs is 1. The van der Waals surface area contributed by atoms with Crippen molar-refractivity contribution in [3.8, 4) is 0 Å². The Hall–Kier alpha value is -3.33. The van der Waals surface area contributed by atoms with Gasteiger partial charge in [-0.25, -0.2) is 19.2 Å². The van der Waals surface area contributed by atoms with Crippen LogP contribution in [0.2, 0.25) is 0 Å². The van der Waals surface area contributed by atoms with Crippen molar-refractivity contribution in [1.82, 2.24) is 20.3 Å². The fourth-order valence-corrected chi connectivity index (χ4v) is 4.15. The maximum absolute atomic E-state index is 13.5. The lowest BCUT2D eigenvalue weighted by Gasteiger charge is -2.19. The summed E-state index contributed by atoms with van der Waals surface area (Å²) in [5, 5.41) is 11.7. The number of amides is 2. The molecule has 1 aromatic heterocycles. The van der Waals surface area contributed by atoms with Crippen LogP contribution in [0.15, 0.2) is 48.5 Å². The molecule has 0 radical (unpaired) electrons. The Balaban J connectivity index is 1.49. The number of nitrogens with one attached hydrogen (secondary N) is 2. The number of para-hydroxylation sites is 2. The first kappa shape index (κ1) is 20.9. The van der Waals surface area contributed by atoms with Gasteiger partial charge in [-0.05, 0) is 42.7 Å². The quantitative estimate of drug-likeness (QED) is 0.414. The highest BCUT2D eigenvalue weighted by Gasteiger charge is 2.34. The molecule has 3 N–H and O–H groups in total. The van der Waals surface area contributed by atoms with Crippen molar-refractivity contribution in [2.45, 2.75) is 38.3 Å². The van der Waals surface area contributed by atoms with E-state index in [4.69, 9.17) is 5.21 Å². The lowest BCUT2D eigenvalue weighted by molar-refractivity contribution is -0.133. The number of aromatic nitrogens is 2. The summed E-state index contributed by atoms with van der Waals surface area (Å²) in [6.07, 6.45) is -0.658. The lowest BCUT2D eigenvalue weighted by atomic mass is 10.0. The van der Waals surface area contributed by atoms with E-state index in [1.54, 1.807) is 54.0 Å². The van der Waals surface area contributed by atoms with E-state index in [1.165, 1.54) is 4.57 Å². The summed E-state index contributed by atoms with van der Waals surface area (Å²) in [6.45, 7) is 0.198. The van der Waals surface area contributed by atoms with E-state index in [0.717, 1.165) is 12.0 Å². The van der Waals surface area contributed by atoms with Crippen LogP contribution in [-0.4, -0.2) is 32.6 Å². The van der Waals surface area contributed by atoms with Gasteiger partial charge in [-0.2, -0.15) is 0 Å². The van der Waals surface area contributed by atoms with Gasteiger partial charge >= 0.3 is 0 Å². The largest absolute Gasteiger partial charge is 0.349 e. The van der Waals surface area contributed by atoms with Crippen molar-refractivity contribution in [2.24, 2.45) is 5.92 Å². The molecule has 3 aromatic rings. The van der Waals surface area contributed by atoms with Crippen LogP contribution in [0.5, 0.6) is 0 Å². The van der Waals surface area contributed by atoms with Crippen LogP contribution in [0.1, 0.15) is 47.4 Å². The van der Waals surface area contributed by atoms with Gasteiger partial charge in [-0.3, -0.25) is 14.8 Å². The summed E-state index contributed by atoms with van der Waals surface area (Å²) in [5.74, 6) is -1.58. The van der Waals surface area contributed by atoms with Crippen LogP contribution in [-0.2, 0) is 11.3 Å². The second-order valence-electron chi connectivity index (χ2n) is 7.64. The first-order valence-electron chi connectivity index (χ1n) is 10.0. The first-order valence-corrected chi connectivity index (χ1v) is 10.0. The van der Waals surface area contributed by atoms with Gasteiger partial charge in [-0.15, -0.1) is 0 Å². The zero-order valence-electron chi connectivity index (χ0n) is 16.6. The van der Waals surface area contributed by atoms with E-state index < -0.39 is 18.3 Å². The van der Waals surface area contributed by atoms with Gasteiger partial charge in [-0.1, -0.05) is 30.7 Å². The Morgan fingerprint density at radius 1 is 1.13 bits per heavy atom. The Bertz CT molecular complexity index is 1100. The third kappa shape index (κ3) is 4.27. The molecule has 2 atom stereocenters. The standard InChI is InChI=1S/C22H22F2N4O3/c23-19(24)20-25-17-5-1-2-7-18(17)28(20)12-13-8-10-14(11-9-13)21(29)26-16-6-3-4-15(16)22(30)27-31/h1-2,5,7-11,15-16,19,31H,3-4,6,12H2,(H,26,29)(H,27,30). The van der Waals surface area contributed by atoms with Gasteiger partial charge in [0.05, 0.1) is 17.0 Å². The second kappa shape index (κ2) is 8.81. The number of carbonyl (C=O) groups is 2. The highest BCUT2D eigenvalue weighted by atomic mass is 19.3. The molecule has 31 heavy (non-hydrogen) atoms. The van der Waals surface area contributed by atoms with Crippen LogP contribution in [0, 0.1) is 5.92 Å². The van der Waals surface area contributed by atoms with Crippen LogP contribution in [0.4, 0.5) is 8.78 Å². The molecule has 1 aliphatic carbocycles. The molecule has 0 spiro atoms. The highest BCUT2D eigenvalue weighted by molar-refractivity contribution is 5.95. The molecule has 1 aliphatic rings. The number of carbonyl (C=O) groups excluding carboxylic acids is 2. The number of hydroxylamine groups is 1. The number of imidazole rings is 1. The van der Waals surface area contributed by atoms with Crippen LogP contribution >= 0.6 is 0 Å². The fourth-order valence-electron chi connectivity index (χ4n) is 4.15. The van der Waals surface area contributed by atoms with E-state index in [2.05, 4.69) is 10.3 Å². The highest BCUT2D eigenvalue weighted by Crippen LogP contribution is 2.27. The van der Waals surface area contributed by atoms with Crippen LogP contribution in [0.3, 0.4) is 0 Å². The smallest absolute Gasteiger partial charge is 0.295 e. The molecular formula is C22H22F2N4O3. The number of hydrogen-bond donors (Lipinski definition) is 3. The summed E-state index contributed by atoms with van der Waals surface area (Å²) in [7, 11) is 0. The molecule has 0 saturated heterocycles. The van der Waals surface area contributed by atoms with Crippen LogP contribution in [0.25, 0.3) is 11.0 Å². The van der Waals surface area contributed by atoms with Gasteiger partial charge in [0, 0.05) is 18.2 Å². The SMILES string of the molecule is O=C(NC1CCCC1C(=O)NO)c1ccc(Cn2c(C(F)F)nc3ccccc32)cc1. The van der Waals surface area contributed by atoms with E-state index in [-0.39, 0.29) is 24.3 Å². The zero-order chi connectivity index (χ0) is 22.0. The molecule has 9 heteroatoms. The van der Waals surface area contributed by atoms with Crippen LogP contribution < -0.4 is 10.8 Å². The van der Waals surface area contributed by atoms with E-state index in [1.807, 2.05) is 0 Å². The van der Waals surface area contributed by atoms with E-state index in [0.29, 0.717) is 29.4 Å².